The van der Waals surface area contributed by atoms with Crippen molar-refractivity contribution in [3.05, 3.63) is 82.6 Å². The molecule has 0 fully saturated rings. The molecule has 0 saturated heterocycles. The summed E-state index contributed by atoms with van der Waals surface area (Å²) in [5.41, 5.74) is 0.984. The van der Waals surface area contributed by atoms with Crippen LogP contribution >= 0.6 is 11.3 Å². The Morgan fingerprint density at radius 2 is 1.61 bits per heavy atom. The lowest BCUT2D eigenvalue weighted by atomic mass is 10.2. The number of ether oxygens (including phenoxy) is 1. The average Bonchev–Trinajstić information content (AvgIpc) is 3.11. The number of carbonyl (C=O) groups excluding carboxylic acids is 2. The standard InChI is InChI=1S/C18H13NO3S/c20-17(19-13-7-2-1-3-8-13)14-9-4-5-10-15(14)22-18(21)16-11-6-12-23-16/h1-12H,(H,19,20). The first-order valence-electron chi connectivity index (χ1n) is 6.95. The van der Waals surface area contributed by atoms with Gasteiger partial charge in [-0.3, -0.25) is 4.79 Å². The average molecular weight is 323 g/mol. The summed E-state index contributed by atoms with van der Waals surface area (Å²) in [5, 5.41) is 4.58. The number of hydrogen-bond acceptors (Lipinski definition) is 4. The summed E-state index contributed by atoms with van der Waals surface area (Å²) in [4.78, 5) is 25.0. The van der Waals surface area contributed by atoms with Gasteiger partial charge in [0.1, 0.15) is 10.6 Å². The van der Waals surface area contributed by atoms with Crippen LogP contribution in [0.15, 0.2) is 72.1 Å². The first kappa shape index (κ1) is 15.0. The minimum absolute atomic E-state index is 0.235. The van der Waals surface area contributed by atoms with Crippen LogP contribution in [0.1, 0.15) is 20.0 Å². The monoisotopic (exact) mass is 323 g/mol. The van der Waals surface area contributed by atoms with Crippen LogP contribution in [-0.4, -0.2) is 11.9 Å². The Balaban J connectivity index is 1.80. The Morgan fingerprint density at radius 1 is 0.870 bits per heavy atom. The molecule has 1 aromatic heterocycles. The number of carbonyl (C=O) groups is 2. The van der Waals surface area contributed by atoms with Crippen LogP contribution in [0.2, 0.25) is 0 Å². The number of amides is 1. The van der Waals surface area contributed by atoms with Gasteiger partial charge in [-0.05, 0) is 35.7 Å². The number of thiophene rings is 1. The van der Waals surface area contributed by atoms with Crippen molar-refractivity contribution in [3.63, 3.8) is 0 Å². The Labute approximate surface area is 137 Å². The molecule has 0 radical (unpaired) electrons. The van der Waals surface area contributed by atoms with Gasteiger partial charge in [-0.15, -0.1) is 11.3 Å². The van der Waals surface area contributed by atoms with Crippen LogP contribution < -0.4 is 10.1 Å². The molecule has 0 atom stereocenters. The molecule has 0 spiro atoms. The van der Waals surface area contributed by atoms with Crippen LogP contribution in [0, 0.1) is 0 Å². The second-order valence-corrected chi connectivity index (χ2v) is 5.63. The van der Waals surface area contributed by atoms with E-state index in [9.17, 15) is 9.59 Å². The highest BCUT2D eigenvalue weighted by Gasteiger charge is 2.16. The molecular weight excluding hydrogens is 310 g/mol. The summed E-state index contributed by atoms with van der Waals surface area (Å²) in [5.74, 6) is -0.565. The molecule has 0 aliphatic carbocycles. The molecule has 0 bridgehead atoms. The quantitative estimate of drug-likeness (QED) is 0.578. The van der Waals surface area contributed by atoms with Gasteiger partial charge in [-0.1, -0.05) is 36.4 Å². The van der Waals surface area contributed by atoms with E-state index in [1.54, 1.807) is 53.9 Å². The minimum atomic E-state index is -0.472. The summed E-state index contributed by atoms with van der Waals surface area (Å²) in [6.07, 6.45) is 0. The van der Waals surface area contributed by atoms with E-state index in [-0.39, 0.29) is 11.7 Å². The predicted molar refractivity (Wildman–Crippen MR) is 90.1 cm³/mol. The number of rotatable bonds is 4. The summed E-state index contributed by atoms with van der Waals surface area (Å²) < 4.78 is 5.36. The fraction of sp³-hybridized carbons (Fsp3) is 0. The number of benzene rings is 2. The van der Waals surface area contributed by atoms with E-state index in [1.165, 1.54) is 11.3 Å². The lowest BCUT2D eigenvalue weighted by molar-refractivity contribution is 0.0738. The van der Waals surface area contributed by atoms with Crippen molar-refractivity contribution in [3.8, 4) is 5.75 Å². The van der Waals surface area contributed by atoms with Crippen molar-refractivity contribution in [2.24, 2.45) is 0 Å². The van der Waals surface area contributed by atoms with E-state index in [2.05, 4.69) is 5.32 Å². The van der Waals surface area contributed by atoms with Crippen LogP contribution in [0.25, 0.3) is 0 Å². The van der Waals surface area contributed by atoms with Crippen LogP contribution in [0.3, 0.4) is 0 Å². The maximum absolute atomic E-state index is 12.4. The van der Waals surface area contributed by atoms with Gasteiger partial charge in [0, 0.05) is 5.69 Å². The van der Waals surface area contributed by atoms with Gasteiger partial charge in [0.25, 0.3) is 5.91 Å². The molecule has 1 amide bonds. The molecule has 0 saturated carbocycles. The molecule has 4 nitrogen and oxygen atoms in total. The highest BCUT2D eigenvalue weighted by Crippen LogP contribution is 2.22. The van der Waals surface area contributed by atoms with E-state index < -0.39 is 5.97 Å². The molecule has 0 aliphatic heterocycles. The summed E-state index contributed by atoms with van der Waals surface area (Å²) in [7, 11) is 0. The van der Waals surface area contributed by atoms with Crippen molar-refractivity contribution in [1.82, 2.24) is 0 Å². The summed E-state index contributed by atoms with van der Waals surface area (Å²) in [6, 6.07) is 19.2. The van der Waals surface area contributed by atoms with E-state index in [0.717, 1.165) is 0 Å². The lowest BCUT2D eigenvalue weighted by Gasteiger charge is -2.10. The maximum atomic E-state index is 12.4. The fourth-order valence-corrected chi connectivity index (χ4v) is 2.61. The van der Waals surface area contributed by atoms with Crippen LogP contribution in [0.5, 0.6) is 5.75 Å². The number of anilines is 1. The zero-order valence-corrected chi connectivity index (χ0v) is 12.9. The Hall–Kier alpha value is -2.92. The fourth-order valence-electron chi connectivity index (χ4n) is 2.01. The van der Waals surface area contributed by atoms with Crippen molar-refractivity contribution in [2.75, 3.05) is 5.32 Å². The topological polar surface area (TPSA) is 55.4 Å². The van der Waals surface area contributed by atoms with Gasteiger partial charge in [-0.25, -0.2) is 4.79 Å². The molecule has 1 heterocycles. The second-order valence-electron chi connectivity index (χ2n) is 4.68. The highest BCUT2D eigenvalue weighted by atomic mass is 32.1. The third kappa shape index (κ3) is 3.64. The highest BCUT2D eigenvalue weighted by molar-refractivity contribution is 7.12. The molecule has 5 heteroatoms. The molecule has 0 aliphatic rings. The summed E-state index contributed by atoms with van der Waals surface area (Å²) in [6.45, 7) is 0. The van der Waals surface area contributed by atoms with Crippen molar-refractivity contribution in [1.29, 1.82) is 0 Å². The maximum Gasteiger partial charge on any atom is 0.353 e. The van der Waals surface area contributed by atoms with E-state index in [4.69, 9.17) is 4.74 Å². The van der Waals surface area contributed by atoms with Gasteiger partial charge in [0.05, 0.1) is 5.56 Å². The van der Waals surface area contributed by atoms with Gasteiger partial charge in [-0.2, -0.15) is 0 Å². The molecule has 1 N–H and O–H groups in total. The zero-order chi connectivity index (χ0) is 16.1. The van der Waals surface area contributed by atoms with Crippen molar-refractivity contribution < 1.29 is 14.3 Å². The third-order valence-electron chi connectivity index (χ3n) is 3.09. The largest absolute Gasteiger partial charge is 0.421 e. The predicted octanol–water partition coefficient (Wildman–Crippen LogP) is 4.22. The zero-order valence-electron chi connectivity index (χ0n) is 12.1. The first-order valence-corrected chi connectivity index (χ1v) is 7.83. The van der Waals surface area contributed by atoms with Crippen molar-refractivity contribution >= 4 is 28.9 Å². The number of hydrogen-bond donors (Lipinski definition) is 1. The van der Waals surface area contributed by atoms with Crippen molar-refractivity contribution in [2.45, 2.75) is 0 Å². The third-order valence-corrected chi connectivity index (χ3v) is 3.94. The van der Waals surface area contributed by atoms with E-state index in [0.29, 0.717) is 16.1 Å². The Kier molecular flexibility index (Phi) is 4.49. The molecular formula is C18H13NO3S. The Bertz CT molecular complexity index is 813. The molecule has 23 heavy (non-hydrogen) atoms. The normalized spacial score (nSPS) is 10.1. The smallest absolute Gasteiger partial charge is 0.353 e. The first-order chi connectivity index (χ1) is 11.2. The molecule has 3 aromatic rings. The SMILES string of the molecule is O=C(Oc1ccccc1C(=O)Nc1ccccc1)c1cccs1. The van der Waals surface area contributed by atoms with E-state index >= 15 is 0 Å². The number of nitrogens with one attached hydrogen (secondary N) is 1. The van der Waals surface area contributed by atoms with Gasteiger partial charge < -0.3 is 10.1 Å². The Morgan fingerprint density at radius 3 is 2.35 bits per heavy atom. The summed E-state index contributed by atoms with van der Waals surface area (Å²) >= 11 is 1.29. The molecule has 3 rings (SSSR count). The number of esters is 1. The number of para-hydroxylation sites is 2. The van der Waals surface area contributed by atoms with Gasteiger partial charge in [0.2, 0.25) is 0 Å². The molecule has 0 unspecified atom stereocenters. The second kappa shape index (κ2) is 6.89. The van der Waals surface area contributed by atoms with Crippen LogP contribution in [-0.2, 0) is 0 Å². The molecule has 2 aromatic carbocycles. The lowest BCUT2D eigenvalue weighted by Crippen LogP contribution is -2.15. The van der Waals surface area contributed by atoms with Gasteiger partial charge >= 0.3 is 5.97 Å². The van der Waals surface area contributed by atoms with E-state index in [1.807, 2.05) is 18.2 Å². The van der Waals surface area contributed by atoms with Crippen LogP contribution in [0.4, 0.5) is 5.69 Å². The minimum Gasteiger partial charge on any atom is -0.421 e. The molecule has 114 valence electrons. The van der Waals surface area contributed by atoms with Gasteiger partial charge in [0.15, 0.2) is 0 Å².